The van der Waals surface area contributed by atoms with Crippen LogP contribution in [0.5, 0.6) is 0 Å². The number of hydrogen-bond donors (Lipinski definition) is 0. The van der Waals surface area contributed by atoms with E-state index in [1.807, 2.05) is 31.2 Å². The minimum Gasteiger partial charge on any atom is -0.298 e. The molecule has 3 nitrogen and oxygen atoms in total. The van der Waals surface area contributed by atoms with Crippen molar-refractivity contribution in [3.8, 4) is 0 Å². The molecular weight excluding hydrogens is 202 g/mol. The number of benzene rings is 1. The van der Waals surface area contributed by atoms with Gasteiger partial charge in [-0.2, -0.15) is 0 Å². The van der Waals surface area contributed by atoms with Crippen LogP contribution in [-0.4, -0.2) is 16.8 Å². The first-order valence-electron chi connectivity index (χ1n) is 5.36. The monoisotopic (exact) mass is 215 g/mol. The molecule has 0 aliphatic heterocycles. The molecular formula is C13H13NO2. The second kappa shape index (κ2) is 4.31. The molecule has 2 aromatic rings. The maximum absolute atomic E-state index is 11.8. The topological polar surface area (TPSA) is 39.1 Å². The molecule has 1 aromatic carbocycles. The highest BCUT2D eigenvalue weighted by molar-refractivity contribution is 6.02. The van der Waals surface area contributed by atoms with E-state index < -0.39 is 0 Å². The number of hydrogen-bond acceptors (Lipinski definition) is 2. The molecule has 1 aromatic heterocycles. The van der Waals surface area contributed by atoms with E-state index in [-0.39, 0.29) is 5.91 Å². The first-order valence-corrected chi connectivity index (χ1v) is 5.36. The normalized spacial score (nSPS) is 10.6. The second-order valence-corrected chi connectivity index (χ2v) is 3.73. The Balaban J connectivity index is 2.61. The lowest BCUT2D eigenvalue weighted by Crippen LogP contribution is -2.08. The number of para-hydroxylation sites is 1. The van der Waals surface area contributed by atoms with Gasteiger partial charge in [0, 0.05) is 23.6 Å². The van der Waals surface area contributed by atoms with E-state index in [9.17, 15) is 9.59 Å². The predicted octanol–water partition coefficient (Wildman–Crippen LogP) is 2.89. The summed E-state index contributed by atoms with van der Waals surface area (Å²) in [6.07, 6.45) is 3.71. The van der Waals surface area contributed by atoms with Gasteiger partial charge >= 0.3 is 0 Å². The molecule has 16 heavy (non-hydrogen) atoms. The van der Waals surface area contributed by atoms with Crippen LogP contribution < -0.4 is 0 Å². The molecule has 0 aliphatic rings. The van der Waals surface area contributed by atoms with Gasteiger partial charge in [-0.05, 0) is 12.5 Å². The van der Waals surface area contributed by atoms with Crippen LogP contribution in [0.2, 0.25) is 0 Å². The zero-order valence-corrected chi connectivity index (χ0v) is 9.14. The zero-order valence-electron chi connectivity index (χ0n) is 9.14. The number of carbonyl (C=O) groups excluding carboxylic acids is 2. The summed E-state index contributed by atoms with van der Waals surface area (Å²) in [4.78, 5) is 22.7. The minimum absolute atomic E-state index is 0.0341. The van der Waals surface area contributed by atoms with Gasteiger partial charge in [-0.25, -0.2) is 0 Å². The van der Waals surface area contributed by atoms with Gasteiger partial charge in [0.1, 0.15) is 0 Å². The number of aromatic nitrogens is 1. The van der Waals surface area contributed by atoms with Gasteiger partial charge in [0.15, 0.2) is 6.29 Å². The average molecular weight is 215 g/mol. The Labute approximate surface area is 93.7 Å². The molecule has 0 saturated carbocycles. The van der Waals surface area contributed by atoms with Crippen LogP contribution in [0.25, 0.3) is 10.9 Å². The largest absolute Gasteiger partial charge is 0.298 e. The van der Waals surface area contributed by atoms with Crippen molar-refractivity contribution in [2.24, 2.45) is 0 Å². The van der Waals surface area contributed by atoms with Crippen LogP contribution in [0, 0.1) is 0 Å². The summed E-state index contributed by atoms with van der Waals surface area (Å²) in [5.74, 6) is 0.0341. The Hall–Kier alpha value is -1.90. The van der Waals surface area contributed by atoms with Gasteiger partial charge < -0.3 is 0 Å². The van der Waals surface area contributed by atoms with Gasteiger partial charge in [0.05, 0.1) is 5.52 Å². The van der Waals surface area contributed by atoms with E-state index in [0.29, 0.717) is 12.0 Å². The third-order valence-electron chi connectivity index (χ3n) is 2.60. The summed E-state index contributed by atoms with van der Waals surface area (Å²) in [5.41, 5.74) is 1.38. The molecule has 0 saturated heterocycles. The number of carbonyl (C=O) groups is 2. The molecule has 1 heterocycles. The highest BCUT2D eigenvalue weighted by Gasteiger charge is 2.11. The number of rotatable bonds is 3. The SMILES string of the molecule is CCCC(=O)n1cc(C=O)c2ccccc21. The molecule has 0 fully saturated rings. The smallest absolute Gasteiger partial charge is 0.231 e. The minimum atomic E-state index is 0.0341. The standard InChI is InChI=1S/C13H13NO2/c1-2-5-13(16)14-8-10(9-15)11-6-3-4-7-12(11)14/h3-4,6-9H,2,5H2,1H3. The van der Waals surface area contributed by atoms with Crippen LogP contribution >= 0.6 is 0 Å². The predicted molar refractivity (Wildman–Crippen MR) is 62.9 cm³/mol. The lowest BCUT2D eigenvalue weighted by atomic mass is 10.2. The Morgan fingerprint density at radius 3 is 2.81 bits per heavy atom. The van der Waals surface area contributed by atoms with E-state index in [1.165, 1.54) is 0 Å². The molecule has 3 heteroatoms. The van der Waals surface area contributed by atoms with Crippen LogP contribution in [0.1, 0.15) is 34.9 Å². The fourth-order valence-corrected chi connectivity index (χ4v) is 1.84. The van der Waals surface area contributed by atoms with E-state index in [4.69, 9.17) is 0 Å². The second-order valence-electron chi connectivity index (χ2n) is 3.73. The van der Waals surface area contributed by atoms with Gasteiger partial charge in [-0.15, -0.1) is 0 Å². The Morgan fingerprint density at radius 2 is 2.12 bits per heavy atom. The van der Waals surface area contributed by atoms with Crippen molar-refractivity contribution < 1.29 is 9.59 Å². The summed E-state index contributed by atoms with van der Waals surface area (Å²) in [7, 11) is 0. The van der Waals surface area contributed by atoms with Crippen LogP contribution in [0.4, 0.5) is 0 Å². The lowest BCUT2D eigenvalue weighted by molar-refractivity contribution is 0.0907. The molecule has 0 bridgehead atoms. The Bertz CT molecular complexity index is 540. The van der Waals surface area contributed by atoms with Gasteiger partial charge in [-0.3, -0.25) is 14.2 Å². The van der Waals surface area contributed by atoms with Gasteiger partial charge in [-0.1, -0.05) is 25.1 Å². The van der Waals surface area contributed by atoms with Crippen molar-refractivity contribution >= 4 is 23.1 Å². The van der Waals surface area contributed by atoms with Crippen molar-refractivity contribution in [3.05, 3.63) is 36.0 Å². The summed E-state index contributed by atoms with van der Waals surface area (Å²) >= 11 is 0. The summed E-state index contributed by atoms with van der Waals surface area (Å²) in [6.45, 7) is 1.96. The highest BCUT2D eigenvalue weighted by atomic mass is 16.2. The molecule has 0 amide bonds. The highest BCUT2D eigenvalue weighted by Crippen LogP contribution is 2.20. The molecule has 0 aliphatic carbocycles. The van der Waals surface area contributed by atoms with E-state index in [0.717, 1.165) is 23.6 Å². The van der Waals surface area contributed by atoms with E-state index in [1.54, 1.807) is 10.8 Å². The zero-order chi connectivity index (χ0) is 11.5. The molecule has 0 atom stereocenters. The molecule has 0 spiro atoms. The van der Waals surface area contributed by atoms with Crippen LogP contribution in [0.3, 0.4) is 0 Å². The molecule has 0 unspecified atom stereocenters. The van der Waals surface area contributed by atoms with E-state index in [2.05, 4.69) is 0 Å². The summed E-state index contributed by atoms with van der Waals surface area (Å²) in [6, 6.07) is 7.45. The van der Waals surface area contributed by atoms with Crippen molar-refractivity contribution in [1.82, 2.24) is 4.57 Å². The van der Waals surface area contributed by atoms with Crippen molar-refractivity contribution in [2.75, 3.05) is 0 Å². The maximum atomic E-state index is 11.8. The Morgan fingerprint density at radius 1 is 1.38 bits per heavy atom. The first-order chi connectivity index (χ1) is 7.77. The van der Waals surface area contributed by atoms with Crippen LogP contribution in [-0.2, 0) is 0 Å². The third-order valence-corrected chi connectivity index (χ3v) is 2.60. The molecule has 0 radical (unpaired) electrons. The number of aldehydes is 1. The average Bonchev–Trinajstić information content (AvgIpc) is 2.68. The van der Waals surface area contributed by atoms with Gasteiger partial charge in [0.2, 0.25) is 5.91 Å². The van der Waals surface area contributed by atoms with Crippen molar-refractivity contribution in [1.29, 1.82) is 0 Å². The number of nitrogens with zero attached hydrogens (tertiary/aromatic N) is 1. The fraction of sp³-hybridized carbons (Fsp3) is 0.231. The third kappa shape index (κ3) is 1.65. The van der Waals surface area contributed by atoms with Crippen molar-refractivity contribution in [3.63, 3.8) is 0 Å². The molecule has 2 rings (SSSR count). The van der Waals surface area contributed by atoms with Gasteiger partial charge in [0.25, 0.3) is 0 Å². The molecule has 0 N–H and O–H groups in total. The molecule has 82 valence electrons. The quantitative estimate of drug-likeness (QED) is 0.738. The Kier molecular flexibility index (Phi) is 2.86. The maximum Gasteiger partial charge on any atom is 0.231 e. The summed E-state index contributed by atoms with van der Waals surface area (Å²) < 4.78 is 1.57. The van der Waals surface area contributed by atoms with Crippen molar-refractivity contribution in [2.45, 2.75) is 19.8 Å². The lowest BCUT2D eigenvalue weighted by Gasteiger charge is -2.01. The fourth-order valence-electron chi connectivity index (χ4n) is 1.84. The van der Waals surface area contributed by atoms with Crippen LogP contribution in [0.15, 0.2) is 30.5 Å². The number of fused-ring (bicyclic) bond motifs is 1. The summed E-state index contributed by atoms with van der Waals surface area (Å²) in [5, 5.41) is 0.835. The van der Waals surface area contributed by atoms with E-state index >= 15 is 0 Å². The first kappa shape index (κ1) is 10.6.